The Hall–Kier alpha value is -1.72. The number of aliphatic carboxylic acids is 1. The lowest BCUT2D eigenvalue weighted by atomic mass is 9.93. The van der Waals surface area contributed by atoms with Crippen molar-refractivity contribution in [1.82, 2.24) is 0 Å². The summed E-state index contributed by atoms with van der Waals surface area (Å²) in [6.45, 7) is 1.61. The molecule has 0 saturated heterocycles. The summed E-state index contributed by atoms with van der Waals surface area (Å²) in [5.74, 6) is -4.29. The number of hydrogen-bond donors (Lipinski definition) is 2. The topological polar surface area (TPSA) is 57.5 Å². The minimum Gasteiger partial charge on any atom is -0.508 e. The Morgan fingerprint density at radius 1 is 1.41 bits per heavy atom. The molecule has 0 aliphatic carbocycles. The maximum absolute atomic E-state index is 12.7. The minimum atomic E-state index is -4.70. The van der Waals surface area contributed by atoms with Crippen molar-refractivity contribution in [3.63, 3.8) is 0 Å². The van der Waals surface area contributed by atoms with E-state index >= 15 is 0 Å². The number of phenols is 1. The zero-order valence-electron chi connectivity index (χ0n) is 8.95. The summed E-state index contributed by atoms with van der Waals surface area (Å²) < 4.78 is 38.0. The number of alkyl halides is 3. The summed E-state index contributed by atoms with van der Waals surface area (Å²) in [7, 11) is 0. The normalized spacial score (nSPS) is 13.4. The van der Waals surface area contributed by atoms with Gasteiger partial charge in [0.15, 0.2) is 0 Å². The van der Waals surface area contributed by atoms with Crippen LogP contribution in [-0.4, -0.2) is 22.4 Å². The van der Waals surface area contributed by atoms with Crippen LogP contribution >= 0.6 is 0 Å². The molecule has 1 atom stereocenters. The minimum absolute atomic E-state index is 0.412. The average molecular weight is 248 g/mol. The van der Waals surface area contributed by atoms with Crippen LogP contribution in [0.5, 0.6) is 5.75 Å². The van der Waals surface area contributed by atoms with E-state index < -0.39 is 35.8 Å². The first-order chi connectivity index (χ1) is 7.71. The summed E-state index contributed by atoms with van der Waals surface area (Å²) in [5.41, 5.74) is 0.188. The molecule has 0 aliphatic heterocycles. The van der Waals surface area contributed by atoms with Crippen molar-refractivity contribution in [2.24, 2.45) is 0 Å². The predicted molar refractivity (Wildman–Crippen MR) is 53.9 cm³/mol. The zero-order chi connectivity index (χ0) is 13.2. The van der Waals surface area contributed by atoms with Gasteiger partial charge in [0.05, 0.1) is 12.3 Å². The van der Waals surface area contributed by atoms with Crippen molar-refractivity contribution in [3.05, 3.63) is 29.3 Å². The van der Waals surface area contributed by atoms with Crippen LogP contribution in [0.1, 0.15) is 23.5 Å². The number of halogens is 3. The quantitative estimate of drug-likeness (QED) is 0.864. The third kappa shape index (κ3) is 3.37. The number of carboxylic acid groups (broad SMARTS) is 1. The van der Waals surface area contributed by atoms with Crippen LogP contribution in [0, 0.1) is 6.92 Å². The molecular weight excluding hydrogens is 237 g/mol. The lowest BCUT2D eigenvalue weighted by molar-refractivity contribution is -0.163. The van der Waals surface area contributed by atoms with E-state index in [1.54, 1.807) is 6.92 Å². The van der Waals surface area contributed by atoms with Gasteiger partial charge in [-0.15, -0.1) is 0 Å². The van der Waals surface area contributed by atoms with Gasteiger partial charge in [-0.2, -0.15) is 13.2 Å². The van der Waals surface area contributed by atoms with Gasteiger partial charge in [0.25, 0.3) is 0 Å². The average Bonchev–Trinajstić information content (AvgIpc) is 2.13. The summed E-state index contributed by atoms with van der Waals surface area (Å²) in [4.78, 5) is 10.4. The molecular formula is C11H11F3O3. The van der Waals surface area contributed by atoms with Crippen LogP contribution in [0.2, 0.25) is 0 Å². The standard InChI is InChI=1S/C11H11F3O3/c1-6-2-3-7(9(15)4-6)8(5-10(16)17)11(12,13)14/h2-4,8,15H,5H2,1H3,(H,16,17). The molecule has 17 heavy (non-hydrogen) atoms. The van der Waals surface area contributed by atoms with Crippen LogP contribution in [0.25, 0.3) is 0 Å². The number of aryl methyl sites for hydroxylation is 1. The Kier molecular flexibility index (Phi) is 3.65. The van der Waals surface area contributed by atoms with Gasteiger partial charge < -0.3 is 10.2 Å². The largest absolute Gasteiger partial charge is 0.508 e. The van der Waals surface area contributed by atoms with Crippen LogP contribution in [0.15, 0.2) is 18.2 Å². The highest BCUT2D eigenvalue weighted by Gasteiger charge is 2.43. The molecule has 0 saturated carbocycles. The van der Waals surface area contributed by atoms with Gasteiger partial charge in [-0.3, -0.25) is 4.79 Å². The molecule has 6 heteroatoms. The van der Waals surface area contributed by atoms with E-state index in [4.69, 9.17) is 5.11 Å². The van der Waals surface area contributed by atoms with E-state index in [1.165, 1.54) is 12.1 Å². The first kappa shape index (κ1) is 13.3. The van der Waals surface area contributed by atoms with Crippen LogP contribution in [0.4, 0.5) is 13.2 Å². The number of rotatable bonds is 3. The number of carbonyl (C=O) groups is 1. The second-order valence-corrected chi connectivity index (χ2v) is 3.75. The Morgan fingerprint density at radius 3 is 2.41 bits per heavy atom. The van der Waals surface area contributed by atoms with Gasteiger partial charge in [0.2, 0.25) is 0 Å². The highest BCUT2D eigenvalue weighted by atomic mass is 19.4. The fraction of sp³-hybridized carbons (Fsp3) is 0.364. The summed E-state index contributed by atoms with van der Waals surface area (Å²) in [6.07, 6.45) is -5.80. The van der Waals surface area contributed by atoms with E-state index in [0.29, 0.717) is 5.56 Å². The molecule has 0 fully saturated rings. The van der Waals surface area contributed by atoms with E-state index in [1.807, 2.05) is 0 Å². The highest BCUT2D eigenvalue weighted by molar-refractivity contribution is 5.68. The summed E-state index contributed by atoms with van der Waals surface area (Å²) in [5, 5.41) is 17.9. The van der Waals surface area contributed by atoms with Crippen LogP contribution < -0.4 is 0 Å². The summed E-state index contributed by atoms with van der Waals surface area (Å²) >= 11 is 0. The molecule has 94 valence electrons. The molecule has 1 aromatic carbocycles. The second kappa shape index (κ2) is 4.65. The molecule has 1 rings (SSSR count). The Labute approximate surface area is 95.5 Å². The van der Waals surface area contributed by atoms with Gasteiger partial charge in [-0.1, -0.05) is 12.1 Å². The lowest BCUT2D eigenvalue weighted by Gasteiger charge is -2.20. The first-order valence-corrected chi connectivity index (χ1v) is 4.80. The number of phenolic OH excluding ortho intramolecular Hbond substituents is 1. The van der Waals surface area contributed by atoms with Crippen molar-refractivity contribution in [2.45, 2.75) is 25.4 Å². The molecule has 0 spiro atoms. The molecule has 0 aliphatic rings. The molecule has 0 bridgehead atoms. The Bertz CT molecular complexity index is 426. The number of aromatic hydroxyl groups is 1. The summed E-state index contributed by atoms with van der Waals surface area (Å²) in [6, 6.07) is 3.68. The lowest BCUT2D eigenvalue weighted by Crippen LogP contribution is -2.23. The Morgan fingerprint density at radius 2 is 2.00 bits per heavy atom. The molecule has 1 unspecified atom stereocenters. The molecule has 1 aromatic rings. The monoisotopic (exact) mass is 248 g/mol. The first-order valence-electron chi connectivity index (χ1n) is 4.80. The molecule has 0 amide bonds. The fourth-order valence-electron chi connectivity index (χ4n) is 1.52. The van der Waals surface area contributed by atoms with Crippen LogP contribution in [-0.2, 0) is 4.79 Å². The molecule has 0 radical (unpaired) electrons. The third-order valence-corrected chi connectivity index (χ3v) is 2.34. The van der Waals surface area contributed by atoms with Crippen LogP contribution in [0.3, 0.4) is 0 Å². The SMILES string of the molecule is Cc1ccc(C(CC(=O)O)C(F)(F)F)c(O)c1. The zero-order valence-corrected chi connectivity index (χ0v) is 8.95. The smallest absolute Gasteiger partial charge is 0.396 e. The van der Waals surface area contributed by atoms with E-state index in [0.717, 1.165) is 6.07 Å². The number of hydrogen-bond acceptors (Lipinski definition) is 2. The van der Waals surface area contributed by atoms with Crippen molar-refractivity contribution in [1.29, 1.82) is 0 Å². The number of carboxylic acids is 1. The van der Waals surface area contributed by atoms with Gasteiger partial charge in [0.1, 0.15) is 5.75 Å². The molecule has 3 nitrogen and oxygen atoms in total. The third-order valence-electron chi connectivity index (χ3n) is 2.34. The van der Waals surface area contributed by atoms with Gasteiger partial charge in [-0.05, 0) is 18.6 Å². The number of benzene rings is 1. The fourth-order valence-corrected chi connectivity index (χ4v) is 1.52. The van der Waals surface area contributed by atoms with Crippen molar-refractivity contribution >= 4 is 5.97 Å². The van der Waals surface area contributed by atoms with E-state index in [-0.39, 0.29) is 0 Å². The molecule has 0 aromatic heterocycles. The Balaban J connectivity index is 3.17. The second-order valence-electron chi connectivity index (χ2n) is 3.75. The van der Waals surface area contributed by atoms with Gasteiger partial charge >= 0.3 is 12.1 Å². The predicted octanol–water partition coefficient (Wildman–Crippen LogP) is 2.82. The maximum Gasteiger partial charge on any atom is 0.396 e. The maximum atomic E-state index is 12.7. The highest BCUT2D eigenvalue weighted by Crippen LogP contribution is 2.41. The van der Waals surface area contributed by atoms with Gasteiger partial charge in [-0.25, -0.2) is 0 Å². The van der Waals surface area contributed by atoms with Crippen molar-refractivity contribution in [2.75, 3.05) is 0 Å². The molecule has 2 N–H and O–H groups in total. The van der Waals surface area contributed by atoms with Crippen molar-refractivity contribution in [3.8, 4) is 5.75 Å². The van der Waals surface area contributed by atoms with E-state index in [9.17, 15) is 23.1 Å². The molecule has 0 heterocycles. The van der Waals surface area contributed by atoms with Gasteiger partial charge in [0, 0.05) is 5.56 Å². The van der Waals surface area contributed by atoms with E-state index in [2.05, 4.69) is 0 Å². The van der Waals surface area contributed by atoms with Crippen molar-refractivity contribution < 1.29 is 28.2 Å².